The Morgan fingerprint density at radius 1 is 1.37 bits per heavy atom. The van der Waals surface area contributed by atoms with Crippen molar-refractivity contribution in [3.63, 3.8) is 0 Å². The zero-order valence-corrected chi connectivity index (χ0v) is 10.4. The van der Waals surface area contributed by atoms with E-state index < -0.39 is 32.3 Å². The molecule has 0 saturated carbocycles. The number of hydrogen-bond acceptors (Lipinski definition) is 6. The van der Waals surface area contributed by atoms with Gasteiger partial charge in [-0.15, -0.1) is 0 Å². The maximum absolute atomic E-state index is 10.5. The summed E-state index contributed by atoms with van der Waals surface area (Å²) in [7, 11) is -4.70. The number of nitrogens with two attached hydrogens (primary N) is 1. The van der Waals surface area contributed by atoms with Crippen LogP contribution in [0.25, 0.3) is 0 Å². The maximum Gasteiger partial charge on any atom is 0.339 e. The first-order chi connectivity index (χ1) is 8.59. The molecular weight excluding hydrogens is 280 g/mol. The van der Waals surface area contributed by atoms with Crippen LogP contribution >= 0.6 is 0 Å². The van der Waals surface area contributed by atoms with E-state index in [-0.39, 0.29) is 12.5 Å². The van der Waals surface area contributed by atoms with Crippen LogP contribution in [-0.2, 0) is 14.9 Å². The molecule has 0 saturated heterocycles. The molecule has 0 unspecified atom stereocenters. The Balaban J connectivity index is 0.000000555. The second-order valence-corrected chi connectivity index (χ2v) is 4.53. The van der Waals surface area contributed by atoms with Crippen molar-refractivity contribution in [3.05, 3.63) is 23.8 Å². The van der Waals surface area contributed by atoms with Crippen LogP contribution in [0.5, 0.6) is 5.75 Å². The predicted octanol–water partition coefficient (Wildman–Crippen LogP) is -2.29. The van der Waals surface area contributed by atoms with Crippen molar-refractivity contribution in [2.45, 2.75) is 4.90 Å². The van der Waals surface area contributed by atoms with Crippen LogP contribution in [0.4, 0.5) is 0 Å². The third-order valence-corrected chi connectivity index (χ3v) is 2.56. The van der Waals surface area contributed by atoms with E-state index in [0.29, 0.717) is 6.07 Å². The van der Waals surface area contributed by atoms with Crippen LogP contribution in [0.3, 0.4) is 0 Å². The van der Waals surface area contributed by atoms with Crippen LogP contribution in [0.2, 0.25) is 0 Å². The van der Waals surface area contributed by atoms with E-state index in [0.717, 1.165) is 12.1 Å². The lowest BCUT2D eigenvalue weighted by Gasteiger charge is -2.08. The van der Waals surface area contributed by atoms with Gasteiger partial charge in [-0.1, -0.05) is 0 Å². The van der Waals surface area contributed by atoms with Crippen molar-refractivity contribution in [1.82, 2.24) is 0 Å². The summed E-state index contributed by atoms with van der Waals surface area (Å²) in [5, 5.41) is 17.5. The average molecular weight is 292 g/mol. The van der Waals surface area contributed by atoms with Crippen LogP contribution in [-0.4, -0.2) is 41.6 Å². The van der Waals surface area contributed by atoms with Gasteiger partial charge in [-0.05, 0) is 18.2 Å². The van der Waals surface area contributed by atoms with Gasteiger partial charge < -0.3 is 26.2 Å². The van der Waals surface area contributed by atoms with Gasteiger partial charge >= 0.3 is 5.97 Å². The number of benzene rings is 1. The predicted molar refractivity (Wildman–Crippen MR) is 60.0 cm³/mol. The van der Waals surface area contributed by atoms with Gasteiger partial charge in [0, 0.05) is 0 Å². The summed E-state index contributed by atoms with van der Waals surface area (Å²) in [5.74, 6) is -2.46. The summed E-state index contributed by atoms with van der Waals surface area (Å²) in [5.41, 5.74) is 7.18. The number of carbonyl (C=O) groups excluding carboxylic acids is 1. The molecule has 106 valence electrons. The molecular formula is C9H12N2O7S. The molecule has 1 aromatic rings. The molecule has 1 aromatic carbocycles. The molecule has 0 aromatic heterocycles. The normalized spacial score (nSPS) is 10.2. The SMILES string of the molecule is NC(=O)C[NH3+].O=C(O)c1cc(S(=O)(=O)[O-])ccc1O. The van der Waals surface area contributed by atoms with Gasteiger partial charge in [0.05, 0.1) is 4.90 Å². The second-order valence-electron chi connectivity index (χ2n) is 3.15. The highest BCUT2D eigenvalue weighted by Crippen LogP contribution is 2.20. The minimum absolute atomic E-state index is 0.194. The van der Waals surface area contributed by atoms with Gasteiger partial charge in [0.2, 0.25) is 0 Å². The van der Waals surface area contributed by atoms with Gasteiger partial charge in [-0.2, -0.15) is 0 Å². The molecule has 0 fully saturated rings. The number of carboxylic acid groups (broad SMARTS) is 1. The van der Waals surface area contributed by atoms with E-state index in [1.807, 2.05) is 0 Å². The Kier molecular flexibility index (Phi) is 5.92. The summed E-state index contributed by atoms with van der Waals surface area (Å²) in [6.07, 6.45) is 0. The van der Waals surface area contributed by atoms with E-state index in [2.05, 4.69) is 11.5 Å². The molecule has 1 amide bonds. The first-order valence-corrected chi connectivity index (χ1v) is 6.10. The van der Waals surface area contributed by atoms with Crippen LogP contribution in [0, 0.1) is 0 Å². The lowest BCUT2D eigenvalue weighted by molar-refractivity contribution is -0.354. The molecule has 0 spiro atoms. The number of amides is 1. The number of quaternary nitrogens is 1. The Hall–Kier alpha value is -2.17. The fraction of sp³-hybridized carbons (Fsp3) is 0.111. The Labute approximate surface area is 108 Å². The average Bonchev–Trinajstić information content (AvgIpc) is 2.28. The highest BCUT2D eigenvalue weighted by Gasteiger charge is 2.12. The van der Waals surface area contributed by atoms with Crippen LogP contribution < -0.4 is 11.5 Å². The van der Waals surface area contributed by atoms with E-state index in [1.165, 1.54) is 0 Å². The summed E-state index contributed by atoms with van der Waals surface area (Å²) in [6.45, 7) is 0.194. The molecule has 0 atom stereocenters. The van der Waals surface area contributed by atoms with Crippen molar-refractivity contribution >= 4 is 22.0 Å². The zero-order valence-electron chi connectivity index (χ0n) is 9.57. The second kappa shape index (κ2) is 6.68. The fourth-order valence-corrected chi connectivity index (χ4v) is 1.34. The largest absolute Gasteiger partial charge is 0.744 e. The number of carboxylic acids is 1. The molecule has 0 radical (unpaired) electrons. The Morgan fingerprint density at radius 2 is 1.84 bits per heavy atom. The number of hydrogen-bond donors (Lipinski definition) is 4. The Bertz CT molecular complexity index is 582. The third-order valence-electron chi connectivity index (χ3n) is 1.73. The lowest BCUT2D eigenvalue weighted by Crippen LogP contribution is -2.56. The van der Waals surface area contributed by atoms with Crippen LogP contribution in [0.1, 0.15) is 10.4 Å². The summed E-state index contributed by atoms with van der Waals surface area (Å²) in [4.78, 5) is 19.3. The summed E-state index contributed by atoms with van der Waals surface area (Å²) < 4.78 is 31.5. The molecule has 0 bridgehead atoms. The highest BCUT2D eigenvalue weighted by molar-refractivity contribution is 7.85. The molecule has 9 nitrogen and oxygen atoms in total. The van der Waals surface area contributed by atoms with Gasteiger partial charge in [-0.3, -0.25) is 4.79 Å². The maximum atomic E-state index is 10.5. The molecule has 1 rings (SSSR count). The Morgan fingerprint density at radius 3 is 2.16 bits per heavy atom. The smallest absolute Gasteiger partial charge is 0.339 e. The van der Waals surface area contributed by atoms with Gasteiger partial charge in [0.25, 0.3) is 5.91 Å². The number of aromatic carboxylic acids is 1. The minimum Gasteiger partial charge on any atom is -0.744 e. The number of rotatable bonds is 3. The summed E-state index contributed by atoms with van der Waals surface area (Å²) >= 11 is 0. The van der Waals surface area contributed by atoms with Crippen molar-refractivity contribution in [3.8, 4) is 5.75 Å². The molecule has 7 N–H and O–H groups in total. The number of primary amides is 1. The zero-order chi connectivity index (χ0) is 15.2. The van der Waals surface area contributed by atoms with E-state index in [4.69, 9.17) is 10.2 Å². The molecule has 19 heavy (non-hydrogen) atoms. The minimum atomic E-state index is -4.70. The fourth-order valence-electron chi connectivity index (χ4n) is 0.842. The highest BCUT2D eigenvalue weighted by atomic mass is 32.2. The molecule has 0 heterocycles. The van der Waals surface area contributed by atoms with Gasteiger partial charge in [0.15, 0.2) is 6.54 Å². The molecule has 0 aliphatic heterocycles. The number of carbonyl (C=O) groups is 2. The van der Waals surface area contributed by atoms with E-state index >= 15 is 0 Å². The van der Waals surface area contributed by atoms with E-state index in [1.54, 1.807) is 0 Å². The first kappa shape index (κ1) is 16.8. The van der Waals surface area contributed by atoms with Crippen molar-refractivity contribution in [2.24, 2.45) is 5.73 Å². The number of phenols is 1. The van der Waals surface area contributed by atoms with Crippen LogP contribution in [0.15, 0.2) is 23.1 Å². The lowest BCUT2D eigenvalue weighted by atomic mass is 10.2. The van der Waals surface area contributed by atoms with Crippen molar-refractivity contribution in [2.75, 3.05) is 6.54 Å². The summed E-state index contributed by atoms with van der Waals surface area (Å²) in [6, 6.07) is 2.29. The molecule has 10 heteroatoms. The molecule has 0 aliphatic rings. The van der Waals surface area contributed by atoms with Crippen molar-refractivity contribution < 1.29 is 38.5 Å². The van der Waals surface area contributed by atoms with Gasteiger partial charge in [0.1, 0.15) is 21.4 Å². The van der Waals surface area contributed by atoms with Gasteiger partial charge in [-0.25, -0.2) is 13.2 Å². The van der Waals surface area contributed by atoms with E-state index in [9.17, 15) is 22.6 Å². The standard InChI is InChI=1S/C7H6O6S.C2H6N2O/c8-6-2-1-4(14(11,12)13)3-5(6)7(9)10;3-1-2(4)5/h1-3,8H,(H,9,10)(H,11,12,13);1,3H2,(H2,4,5). The third kappa shape index (κ3) is 5.81. The number of aromatic hydroxyl groups is 1. The monoisotopic (exact) mass is 292 g/mol. The quantitative estimate of drug-likeness (QED) is 0.451. The molecule has 0 aliphatic carbocycles. The first-order valence-electron chi connectivity index (χ1n) is 4.69. The topological polar surface area (TPSA) is 185 Å². The van der Waals surface area contributed by atoms with Crippen molar-refractivity contribution in [1.29, 1.82) is 0 Å².